The molecule has 0 aromatic heterocycles. The van der Waals surface area contributed by atoms with E-state index in [0.717, 1.165) is 6.54 Å². The largest absolute Gasteiger partial charge is 0.309 e. The van der Waals surface area contributed by atoms with E-state index in [1.165, 1.54) is 11.1 Å². The highest BCUT2D eigenvalue weighted by molar-refractivity contribution is 5.30. The predicted molar refractivity (Wildman–Crippen MR) is 89.3 cm³/mol. The van der Waals surface area contributed by atoms with E-state index in [9.17, 15) is 0 Å². The maximum atomic E-state index is 3.64. The monoisotopic (exact) mass is 276 g/mol. The second-order valence-electron chi connectivity index (χ2n) is 7.41. The van der Waals surface area contributed by atoms with Crippen molar-refractivity contribution in [3.05, 3.63) is 35.4 Å². The number of hydrogen-bond donors (Lipinski definition) is 1. The molecule has 0 amide bonds. The van der Waals surface area contributed by atoms with Gasteiger partial charge in [-0.15, -0.1) is 0 Å². The topological polar surface area (TPSA) is 15.3 Å². The van der Waals surface area contributed by atoms with Gasteiger partial charge in [-0.2, -0.15) is 0 Å². The molecule has 2 heteroatoms. The predicted octanol–water partition coefficient (Wildman–Crippen LogP) is 3.97. The zero-order chi connectivity index (χ0) is 15.6. The van der Waals surface area contributed by atoms with Crippen LogP contribution in [0, 0.1) is 0 Å². The van der Waals surface area contributed by atoms with Crippen LogP contribution in [-0.4, -0.2) is 31.1 Å². The van der Waals surface area contributed by atoms with Crippen molar-refractivity contribution in [1.29, 1.82) is 0 Å². The van der Waals surface area contributed by atoms with Crippen molar-refractivity contribution in [2.75, 3.05) is 20.6 Å². The zero-order valence-corrected chi connectivity index (χ0v) is 14.5. The minimum Gasteiger partial charge on any atom is -0.309 e. The Hall–Kier alpha value is -0.860. The van der Waals surface area contributed by atoms with Gasteiger partial charge in [0.2, 0.25) is 0 Å². The first-order chi connectivity index (χ1) is 9.10. The molecule has 0 spiro atoms. The molecule has 0 saturated heterocycles. The van der Waals surface area contributed by atoms with Crippen LogP contribution in [0.3, 0.4) is 0 Å². The first kappa shape index (κ1) is 17.2. The van der Waals surface area contributed by atoms with Gasteiger partial charge in [0.05, 0.1) is 6.04 Å². The lowest BCUT2D eigenvalue weighted by atomic mass is 9.83. The Morgan fingerprint density at radius 3 is 1.85 bits per heavy atom. The van der Waals surface area contributed by atoms with Crippen LogP contribution in [0.5, 0.6) is 0 Å². The first-order valence-electron chi connectivity index (χ1n) is 7.62. The quantitative estimate of drug-likeness (QED) is 0.875. The Bertz CT molecular complexity index is 410. The van der Waals surface area contributed by atoms with Crippen LogP contribution in [0.1, 0.15) is 58.7 Å². The lowest BCUT2D eigenvalue weighted by Crippen LogP contribution is -2.49. The van der Waals surface area contributed by atoms with Crippen molar-refractivity contribution >= 4 is 0 Å². The van der Waals surface area contributed by atoms with Gasteiger partial charge in [-0.05, 0) is 51.0 Å². The van der Waals surface area contributed by atoms with Gasteiger partial charge in [-0.1, -0.05) is 52.0 Å². The molecule has 114 valence electrons. The molecule has 0 aliphatic carbocycles. The van der Waals surface area contributed by atoms with Gasteiger partial charge >= 0.3 is 0 Å². The lowest BCUT2D eigenvalue weighted by Gasteiger charge is -2.41. The van der Waals surface area contributed by atoms with Crippen LogP contribution in [-0.2, 0) is 5.41 Å². The fourth-order valence-corrected chi connectivity index (χ4v) is 2.41. The summed E-state index contributed by atoms with van der Waals surface area (Å²) in [7, 11) is 4.29. The number of rotatable bonds is 5. The molecule has 1 atom stereocenters. The van der Waals surface area contributed by atoms with E-state index in [0.29, 0.717) is 6.04 Å². The van der Waals surface area contributed by atoms with Crippen LogP contribution in [0.25, 0.3) is 0 Å². The summed E-state index contributed by atoms with van der Waals surface area (Å²) >= 11 is 0. The van der Waals surface area contributed by atoms with Crippen LogP contribution in [0.4, 0.5) is 0 Å². The van der Waals surface area contributed by atoms with E-state index in [1.54, 1.807) is 0 Å². The Kier molecular flexibility index (Phi) is 5.39. The summed E-state index contributed by atoms with van der Waals surface area (Å²) < 4.78 is 0. The summed E-state index contributed by atoms with van der Waals surface area (Å²) in [5.74, 6) is 0. The summed E-state index contributed by atoms with van der Waals surface area (Å²) in [5, 5.41) is 3.64. The smallest absolute Gasteiger partial charge is 0.0501 e. The van der Waals surface area contributed by atoms with E-state index in [2.05, 4.69) is 90.1 Å². The maximum absolute atomic E-state index is 3.64. The highest BCUT2D eigenvalue weighted by atomic mass is 15.2. The van der Waals surface area contributed by atoms with Crippen LogP contribution in [0.2, 0.25) is 0 Å². The Morgan fingerprint density at radius 1 is 1.00 bits per heavy atom. The fraction of sp³-hybridized carbons (Fsp3) is 0.667. The third-order valence-corrected chi connectivity index (χ3v) is 4.38. The van der Waals surface area contributed by atoms with Crippen molar-refractivity contribution in [1.82, 2.24) is 10.2 Å². The van der Waals surface area contributed by atoms with Gasteiger partial charge in [0, 0.05) is 5.54 Å². The van der Waals surface area contributed by atoms with Gasteiger partial charge in [-0.25, -0.2) is 0 Å². The zero-order valence-electron chi connectivity index (χ0n) is 14.5. The summed E-state index contributed by atoms with van der Waals surface area (Å²) in [6.45, 7) is 14.5. The van der Waals surface area contributed by atoms with Crippen LogP contribution < -0.4 is 5.32 Å². The number of nitrogens with one attached hydrogen (secondary N) is 1. The molecule has 0 bridgehead atoms. The molecule has 1 rings (SSSR count). The Labute approximate surface area is 125 Å². The minimum atomic E-state index is 0.0687. The number of likely N-dealkylation sites (N-methyl/N-ethyl adjacent to an activating group) is 2. The molecule has 0 heterocycles. The van der Waals surface area contributed by atoms with E-state index in [1.807, 2.05) is 0 Å². The van der Waals surface area contributed by atoms with E-state index < -0.39 is 0 Å². The highest BCUT2D eigenvalue weighted by Gasteiger charge is 2.32. The molecule has 0 saturated carbocycles. The van der Waals surface area contributed by atoms with E-state index in [-0.39, 0.29) is 11.0 Å². The minimum absolute atomic E-state index is 0.0687. The molecule has 0 aliphatic heterocycles. The average Bonchev–Trinajstić information content (AvgIpc) is 2.34. The SMILES string of the molecule is CCNC(c1ccc(C(C)(C)C)cc1)C(C)(C)N(C)C. The molecule has 20 heavy (non-hydrogen) atoms. The number of benzene rings is 1. The molecule has 1 unspecified atom stereocenters. The molecule has 1 aromatic rings. The highest BCUT2D eigenvalue weighted by Crippen LogP contribution is 2.31. The van der Waals surface area contributed by atoms with Gasteiger partial charge < -0.3 is 10.2 Å². The molecule has 0 radical (unpaired) electrons. The molecular formula is C18H32N2. The second kappa shape index (κ2) is 6.28. The van der Waals surface area contributed by atoms with Gasteiger partial charge in [0.15, 0.2) is 0 Å². The van der Waals surface area contributed by atoms with Gasteiger partial charge in [-0.3, -0.25) is 0 Å². The van der Waals surface area contributed by atoms with E-state index in [4.69, 9.17) is 0 Å². The van der Waals surface area contributed by atoms with Crippen LogP contribution in [0.15, 0.2) is 24.3 Å². The first-order valence-corrected chi connectivity index (χ1v) is 7.62. The fourth-order valence-electron chi connectivity index (χ4n) is 2.41. The average molecular weight is 276 g/mol. The van der Waals surface area contributed by atoms with Crippen molar-refractivity contribution in [3.63, 3.8) is 0 Å². The molecule has 0 fully saturated rings. The summed E-state index contributed by atoms with van der Waals surface area (Å²) in [6, 6.07) is 9.42. The molecule has 1 aromatic carbocycles. The maximum Gasteiger partial charge on any atom is 0.0501 e. The normalized spacial score (nSPS) is 14.7. The molecule has 2 nitrogen and oxygen atoms in total. The molecular weight excluding hydrogens is 244 g/mol. The Morgan fingerprint density at radius 2 is 1.50 bits per heavy atom. The van der Waals surface area contributed by atoms with Crippen molar-refractivity contribution in [3.8, 4) is 0 Å². The lowest BCUT2D eigenvalue weighted by molar-refractivity contribution is 0.139. The Balaban J connectivity index is 3.11. The summed E-state index contributed by atoms with van der Waals surface area (Å²) in [5.41, 5.74) is 3.03. The van der Waals surface area contributed by atoms with Crippen molar-refractivity contribution in [2.24, 2.45) is 0 Å². The molecule has 1 N–H and O–H groups in total. The number of nitrogens with zero attached hydrogens (tertiary/aromatic N) is 1. The standard InChI is InChI=1S/C18H32N2/c1-9-19-16(18(5,6)20(7)8)14-10-12-15(13-11-14)17(2,3)4/h10-13,16,19H,9H2,1-8H3. The van der Waals surface area contributed by atoms with Crippen molar-refractivity contribution < 1.29 is 0 Å². The summed E-state index contributed by atoms with van der Waals surface area (Å²) in [4.78, 5) is 2.29. The van der Waals surface area contributed by atoms with E-state index >= 15 is 0 Å². The number of hydrogen-bond acceptors (Lipinski definition) is 2. The van der Waals surface area contributed by atoms with Crippen LogP contribution >= 0.6 is 0 Å². The second-order valence-corrected chi connectivity index (χ2v) is 7.41. The third-order valence-electron chi connectivity index (χ3n) is 4.38. The van der Waals surface area contributed by atoms with Crippen molar-refractivity contribution in [2.45, 2.75) is 58.5 Å². The third kappa shape index (κ3) is 3.83. The van der Waals surface area contributed by atoms with Gasteiger partial charge in [0.1, 0.15) is 0 Å². The molecule has 0 aliphatic rings. The van der Waals surface area contributed by atoms with Gasteiger partial charge in [0.25, 0.3) is 0 Å². The summed E-state index contributed by atoms with van der Waals surface area (Å²) in [6.07, 6.45) is 0.